The van der Waals surface area contributed by atoms with E-state index in [2.05, 4.69) is 30.3 Å². The van der Waals surface area contributed by atoms with E-state index in [4.69, 9.17) is 4.52 Å². The SMILES string of the molecule is CCNc1ncc2c(n1)N1CCC[C@H]1CN(c1cccc(-c3noc(C(=O)N(C)C)n3)c1)C2=O. The molecule has 0 radical (unpaired) electrons. The molecule has 4 heterocycles. The van der Waals surface area contributed by atoms with Gasteiger partial charge in [0.15, 0.2) is 0 Å². The molecule has 0 aliphatic carbocycles. The van der Waals surface area contributed by atoms with Crippen molar-refractivity contribution in [1.29, 1.82) is 0 Å². The molecule has 1 N–H and O–H groups in total. The van der Waals surface area contributed by atoms with E-state index in [0.29, 0.717) is 41.7 Å². The zero-order valence-corrected chi connectivity index (χ0v) is 19.4. The summed E-state index contributed by atoms with van der Waals surface area (Å²) >= 11 is 0. The predicted octanol–water partition coefficient (Wildman–Crippen LogP) is 2.29. The Morgan fingerprint density at radius 3 is 2.94 bits per heavy atom. The van der Waals surface area contributed by atoms with Crippen LogP contribution in [0.15, 0.2) is 35.0 Å². The average Bonchev–Trinajstić information content (AvgIpc) is 3.50. The minimum Gasteiger partial charge on any atom is -0.354 e. The van der Waals surface area contributed by atoms with Crippen molar-refractivity contribution < 1.29 is 14.1 Å². The molecule has 11 heteroatoms. The van der Waals surface area contributed by atoms with Gasteiger partial charge in [0.1, 0.15) is 11.4 Å². The summed E-state index contributed by atoms with van der Waals surface area (Å²) in [5.74, 6) is 0.891. The Hall–Kier alpha value is -4.02. The molecule has 3 aromatic rings. The van der Waals surface area contributed by atoms with Crippen LogP contribution in [0.4, 0.5) is 17.5 Å². The van der Waals surface area contributed by atoms with Crippen molar-refractivity contribution in [3.63, 3.8) is 0 Å². The van der Waals surface area contributed by atoms with Gasteiger partial charge in [0.2, 0.25) is 11.8 Å². The summed E-state index contributed by atoms with van der Waals surface area (Å²) in [6, 6.07) is 7.54. The molecule has 1 saturated heterocycles. The van der Waals surface area contributed by atoms with Gasteiger partial charge in [0, 0.05) is 57.2 Å². The lowest BCUT2D eigenvalue weighted by Gasteiger charge is -2.27. The number of hydrogen-bond donors (Lipinski definition) is 1. The normalized spacial score (nSPS) is 17.3. The highest BCUT2D eigenvalue weighted by molar-refractivity contribution is 6.10. The lowest BCUT2D eigenvalue weighted by atomic mass is 10.1. The second-order valence-corrected chi connectivity index (χ2v) is 8.54. The van der Waals surface area contributed by atoms with E-state index in [-0.39, 0.29) is 29.6 Å². The molecule has 176 valence electrons. The van der Waals surface area contributed by atoms with E-state index in [0.717, 1.165) is 19.4 Å². The lowest BCUT2D eigenvalue weighted by molar-refractivity contribution is 0.0779. The maximum absolute atomic E-state index is 13.7. The summed E-state index contributed by atoms with van der Waals surface area (Å²) in [6.07, 6.45) is 3.63. The summed E-state index contributed by atoms with van der Waals surface area (Å²) in [4.78, 5) is 44.4. The minimum atomic E-state index is -0.368. The van der Waals surface area contributed by atoms with E-state index in [1.807, 2.05) is 31.2 Å². The van der Waals surface area contributed by atoms with Crippen LogP contribution in [0.3, 0.4) is 0 Å². The van der Waals surface area contributed by atoms with Crippen LogP contribution in [0.2, 0.25) is 0 Å². The molecule has 1 atom stereocenters. The monoisotopic (exact) mass is 462 g/mol. The van der Waals surface area contributed by atoms with E-state index < -0.39 is 0 Å². The number of rotatable bonds is 5. The topological polar surface area (TPSA) is 121 Å². The Labute approximate surface area is 196 Å². The van der Waals surface area contributed by atoms with Gasteiger partial charge < -0.3 is 24.5 Å². The zero-order chi connectivity index (χ0) is 23.8. The molecule has 0 spiro atoms. The third kappa shape index (κ3) is 3.82. The van der Waals surface area contributed by atoms with Crippen LogP contribution in [0.1, 0.15) is 40.8 Å². The first-order chi connectivity index (χ1) is 16.5. The minimum absolute atomic E-state index is 0.0829. The summed E-state index contributed by atoms with van der Waals surface area (Å²) in [6.45, 7) is 4.07. The van der Waals surface area contributed by atoms with Gasteiger partial charge in [-0.25, -0.2) is 4.98 Å². The summed E-state index contributed by atoms with van der Waals surface area (Å²) in [5.41, 5.74) is 1.84. The third-order valence-corrected chi connectivity index (χ3v) is 6.05. The number of aromatic nitrogens is 4. The third-order valence-electron chi connectivity index (χ3n) is 6.05. The second kappa shape index (κ2) is 8.73. The van der Waals surface area contributed by atoms with Gasteiger partial charge in [0.25, 0.3) is 5.91 Å². The number of carbonyl (C=O) groups is 2. The molecule has 2 aliphatic rings. The number of carbonyl (C=O) groups excluding carboxylic acids is 2. The van der Waals surface area contributed by atoms with Gasteiger partial charge in [-0.2, -0.15) is 9.97 Å². The van der Waals surface area contributed by atoms with Crippen LogP contribution < -0.4 is 15.1 Å². The Morgan fingerprint density at radius 2 is 2.15 bits per heavy atom. The van der Waals surface area contributed by atoms with Crippen LogP contribution in [-0.2, 0) is 0 Å². The highest BCUT2D eigenvalue weighted by Crippen LogP contribution is 2.34. The molecular weight excluding hydrogens is 436 g/mol. The van der Waals surface area contributed by atoms with E-state index >= 15 is 0 Å². The smallest absolute Gasteiger partial charge is 0.316 e. The number of benzene rings is 1. The Bertz CT molecular complexity index is 1240. The molecule has 0 saturated carbocycles. The first-order valence-electron chi connectivity index (χ1n) is 11.3. The fourth-order valence-corrected chi connectivity index (χ4v) is 4.38. The van der Waals surface area contributed by atoms with Crippen molar-refractivity contribution in [2.24, 2.45) is 0 Å². The molecule has 1 aromatic carbocycles. The van der Waals surface area contributed by atoms with Crippen molar-refractivity contribution in [2.45, 2.75) is 25.8 Å². The highest BCUT2D eigenvalue weighted by atomic mass is 16.5. The van der Waals surface area contributed by atoms with Crippen molar-refractivity contribution in [3.05, 3.63) is 41.9 Å². The molecule has 2 aliphatic heterocycles. The molecule has 0 unspecified atom stereocenters. The molecule has 5 rings (SSSR count). The van der Waals surface area contributed by atoms with Gasteiger partial charge in [0.05, 0.1) is 0 Å². The number of nitrogens with zero attached hydrogens (tertiary/aromatic N) is 7. The van der Waals surface area contributed by atoms with E-state index in [9.17, 15) is 9.59 Å². The number of hydrogen-bond acceptors (Lipinski definition) is 9. The molecule has 2 amide bonds. The van der Waals surface area contributed by atoms with Crippen LogP contribution in [0, 0.1) is 0 Å². The average molecular weight is 463 g/mol. The van der Waals surface area contributed by atoms with E-state index in [1.54, 1.807) is 25.2 Å². The number of anilines is 3. The molecular formula is C23H26N8O3. The van der Waals surface area contributed by atoms with E-state index in [1.165, 1.54) is 4.90 Å². The molecule has 2 aromatic heterocycles. The largest absolute Gasteiger partial charge is 0.354 e. The second-order valence-electron chi connectivity index (χ2n) is 8.54. The van der Waals surface area contributed by atoms with Crippen LogP contribution in [0.5, 0.6) is 0 Å². The molecule has 0 bridgehead atoms. The number of amides is 2. The van der Waals surface area contributed by atoms with Gasteiger partial charge in [-0.05, 0) is 31.9 Å². The van der Waals surface area contributed by atoms with Crippen LogP contribution >= 0.6 is 0 Å². The van der Waals surface area contributed by atoms with Crippen LogP contribution in [-0.4, -0.2) is 76.6 Å². The molecule has 1 fully saturated rings. The first kappa shape index (κ1) is 21.8. The quantitative estimate of drug-likeness (QED) is 0.609. The number of fused-ring (bicyclic) bond motifs is 3. The predicted molar refractivity (Wildman–Crippen MR) is 126 cm³/mol. The van der Waals surface area contributed by atoms with Crippen molar-refractivity contribution >= 4 is 29.3 Å². The van der Waals surface area contributed by atoms with Crippen molar-refractivity contribution in [1.82, 2.24) is 25.0 Å². The molecule has 11 nitrogen and oxygen atoms in total. The zero-order valence-electron chi connectivity index (χ0n) is 19.4. The number of nitrogens with one attached hydrogen (secondary N) is 1. The Balaban J connectivity index is 1.51. The summed E-state index contributed by atoms with van der Waals surface area (Å²) < 4.78 is 5.14. The molecule has 34 heavy (non-hydrogen) atoms. The fourth-order valence-electron chi connectivity index (χ4n) is 4.38. The fraction of sp³-hybridized carbons (Fsp3) is 0.391. The lowest BCUT2D eigenvalue weighted by Crippen LogP contribution is -2.39. The Kier molecular flexibility index (Phi) is 5.60. The van der Waals surface area contributed by atoms with Gasteiger partial charge in [-0.15, -0.1) is 0 Å². The van der Waals surface area contributed by atoms with Crippen molar-refractivity contribution in [3.8, 4) is 11.4 Å². The summed E-state index contributed by atoms with van der Waals surface area (Å²) in [5, 5.41) is 7.09. The maximum Gasteiger partial charge on any atom is 0.316 e. The van der Waals surface area contributed by atoms with Gasteiger partial charge in [-0.1, -0.05) is 17.3 Å². The Morgan fingerprint density at radius 1 is 1.29 bits per heavy atom. The summed E-state index contributed by atoms with van der Waals surface area (Å²) in [7, 11) is 3.24. The standard InChI is InChI=1S/C23H26N8O3/c1-4-24-23-25-12-17-19(27-23)30-10-6-9-16(30)13-31(21(17)32)15-8-5-7-14(11-15)18-26-20(34-28-18)22(33)29(2)3/h5,7-8,11-12,16H,4,6,9-10,13H2,1-3H3,(H,24,25,27)/t16-/m0/s1. The first-order valence-corrected chi connectivity index (χ1v) is 11.3. The van der Waals surface area contributed by atoms with Crippen LogP contribution in [0.25, 0.3) is 11.4 Å². The van der Waals surface area contributed by atoms with Gasteiger partial charge in [-0.3, -0.25) is 9.59 Å². The highest BCUT2D eigenvalue weighted by Gasteiger charge is 2.37. The van der Waals surface area contributed by atoms with Crippen molar-refractivity contribution in [2.75, 3.05) is 48.8 Å². The van der Waals surface area contributed by atoms with Gasteiger partial charge >= 0.3 is 11.8 Å². The maximum atomic E-state index is 13.7.